The second kappa shape index (κ2) is 8.35. The molecule has 0 saturated heterocycles. The van der Waals surface area contributed by atoms with Gasteiger partial charge in [0.2, 0.25) is 5.78 Å². The zero-order valence-electron chi connectivity index (χ0n) is 15.7. The summed E-state index contributed by atoms with van der Waals surface area (Å²) in [4.78, 5) is 24.6. The number of carbonyl (C=O) groups is 2. The highest BCUT2D eigenvalue weighted by atomic mass is 35.5. The number of benzene rings is 2. The molecule has 0 aliphatic heterocycles. The molecule has 0 bridgehead atoms. The molecule has 0 radical (unpaired) electrons. The number of Topliss-reactive ketones (excluding diaryl/α,β-unsaturated/α-hetero) is 1. The molecule has 0 fully saturated rings. The van der Waals surface area contributed by atoms with Gasteiger partial charge in [-0.05, 0) is 38.1 Å². The van der Waals surface area contributed by atoms with Gasteiger partial charge in [0.05, 0.1) is 23.8 Å². The van der Waals surface area contributed by atoms with Crippen LogP contribution in [0.5, 0.6) is 11.5 Å². The normalized spacial score (nSPS) is 10.9. The van der Waals surface area contributed by atoms with Gasteiger partial charge in [0.15, 0.2) is 23.9 Å². The van der Waals surface area contributed by atoms with E-state index in [0.717, 1.165) is 5.39 Å². The number of fused-ring (bicyclic) bond motifs is 1. The van der Waals surface area contributed by atoms with Gasteiger partial charge in [-0.2, -0.15) is 0 Å². The van der Waals surface area contributed by atoms with Crippen molar-refractivity contribution in [3.63, 3.8) is 0 Å². The van der Waals surface area contributed by atoms with Crippen molar-refractivity contribution in [2.45, 2.75) is 20.0 Å². The molecule has 2 aromatic carbocycles. The monoisotopic (exact) mass is 402 g/mol. The maximum atomic E-state index is 12.3. The molecular formula is C21H19ClO6. The molecule has 3 rings (SSSR count). The standard InChI is InChI=1S/C21H19ClO6/c1-12(2)27-20-15(22)8-14(10-19(20)25-3)21(24)26-11-16(23)18-9-13-6-4-5-7-17(13)28-18/h4-10,12H,11H2,1-3H3. The van der Waals surface area contributed by atoms with E-state index in [1.807, 2.05) is 32.0 Å². The SMILES string of the molecule is COc1cc(C(=O)OCC(=O)c2cc3ccccc3o2)cc(Cl)c1OC(C)C. The fourth-order valence-electron chi connectivity index (χ4n) is 2.59. The zero-order chi connectivity index (χ0) is 20.3. The minimum absolute atomic E-state index is 0.120. The quantitative estimate of drug-likeness (QED) is 0.412. The molecule has 1 heterocycles. The van der Waals surface area contributed by atoms with Crippen molar-refractivity contribution in [1.29, 1.82) is 0 Å². The molecule has 28 heavy (non-hydrogen) atoms. The number of furan rings is 1. The first-order chi connectivity index (χ1) is 13.4. The summed E-state index contributed by atoms with van der Waals surface area (Å²) in [6.07, 6.45) is -0.120. The van der Waals surface area contributed by atoms with E-state index in [-0.39, 0.29) is 22.5 Å². The predicted octanol–water partition coefficient (Wildman–Crippen LogP) is 4.92. The predicted molar refractivity (Wildman–Crippen MR) is 105 cm³/mol. The Bertz CT molecular complexity index is 988. The smallest absolute Gasteiger partial charge is 0.338 e. The molecule has 6 nitrogen and oxygen atoms in total. The van der Waals surface area contributed by atoms with Crippen molar-refractivity contribution < 1.29 is 28.2 Å². The second-order valence-corrected chi connectivity index (χ2v) is 6.71. The fourth-order valence-corrected chi connectivity index (χ4v) is 2.85. The molecule has 0 saturated carbocycles. The first-order valence-corrected chi connectivity index (χ1v) is 9.00. The summed E-state index contributed by atoms with van der Waals surface area (Å²) in [6, 6.07) is 11.7. The lowest BCUT2D eigenvalue weighted by atomic mass is 10.2. The summed E-state index contributed by atoms with van der Waals surface area (Å²) < 4.78 is 21.4. The molecule has 0 atom stereocenters. The van der Waals surface area contributed by atoms with E-state index in [9.17, 15) is 9.59 Å². The van der Waals surface area contributed by atoms with Gasteiger partial charge in [-0.25, -0.2) is 4.79 Å². The number of carbonyl (C=O) groups excluding carboxylic acids is 2. The van der Waals surface area contributed by atoms with Crippen LogP contribution in [-0.4, -0.2) is 31.6 Å². The number of ketones is 1. The Morgan fingerprint density at radius 1 is 1.14 bits per heavy atom. The Morgan fingerprint density at radius 3 is 2.57 bits per heavy atom. The van der Waals surface area contributed by atoms with E-state index in [1.165, 1.54) is 19.2 Å². The van der Waals surface area contributed by atoms with Crippen molar-refractivity contribution >= 4 is 34.3 Å². The summed E-state index contributed by atoms with van der Waals surface area (Å²) in [5.74, 6) is -0.376. The first kappa shape index (κ1) is 19.8. The lowest BCUT2D eigenvalue weighted by Gasteiger charge is -2.16. The van der Waals surface area contributed by atoms with E-state index in [1.54, 1.807) is 12.1 Å². The summed E-state index contributed by atoms with van der Waals surface area (Å²) in [5.41, 5.74) is 0.741. The van der Waals surface area contributed by atoms with Crippen LogP contribution in [0, 0.1) is 0 Å². The van der Waals surface area contributed by atoms with Gasteiger partial charge in [-0.15, -0.1) is 0 Å². The molecule has 146 valence electrons. The Hall–Kier alpha value is -2.99. The number of hydrogen-bond donors (Lipinski definition) is 0. The van der Waals surface area contributed by atoms with E-state index in [4.69, 9.17) is 30.2 Å². The Balaban J connectivity index is 1.72. The van der Waals surface area contributed by atoms with Crippen molar-refractivity contribution in [1.82, 2.24) is 0 Å². The lowest BCUT2D eigenvalue weighted by Crippen LogP contribution is -2.14. The molecule has 0 N–H and O–H groups in total. The number of para-hydroxylation sites is 1. The zero-order valence-corrected chi connectivity index (χ0v) is 16.4. The number of esters is 1. The van der Waals surface area contributed by atoms with E-state index < -0.39 is 18.4 Å². The fraction of sp³-hybridized carbons (Fsp3) is 0.238. The van der Waals surface area contributed by atoms with Gasteiger partial charge in [0.25, 0.3) is 0 Å². The van der Waals surface area contributed by atoms with Gasteiger partial charge in [0, 0.05) is 5.39 Å². The summed E-state index contributed by atoms with van der Waals surface area (Å²) in [5, 5.41) is 1.01. The largest absolute Gasteiger partial charge is 0.493 e. The van der Waals surface area contributed by atoms with Gasteiger partial charge in [-0.3, -0.25) is 4.79 Å². The molecule has 1 aromatic heterocycles. The average molecular weight is 403 g/mol. The van der Waals surface area contributed by atoms with Crippen molar-refractivity contribution in [2.24, 2.45) is 0 Å². The van der Waals surface area contributed by atoms with Crippen molar-refractivity contribution in [3.05, 3.63) is 58.8 Å². The lowest BCUT2D eigenvalue weighted by molar-refractivity contribution is 0.0468. The molecule has 0 unspecified atom stereocenters. The van der Waals surface area contributed by atoms with E-state index >= 15 is 0 Å². The number of rotatable bonds is 7. The average Bonchev–Trinajstić information content (AvgIpc) is 3.11. The van der Waals surface area contributed by atoms with Crippen LogP contribution in [0.3, 0.4) is 0 Å². The summed E-state index contributed by atoms with van der Waals surface area (Å²) in [6.45, 7) is 3.24. The van der Waals surface area contributed by atoms with Crippen LogP contribution < -0.4 is 9.47 Å². The number of halogens is 1. The summed E-state index contributed by atoms with van der Waals surface area (Å²) >= 11 is 6.21. The van der Waals surface area contributed by atoms with Crippen LogP contribution in [0.25, 0.3) is 11.0 Å². The maximum Gasteiger partial charge on any atom is 0.338 e. The van der Waals surface area contributed by atoms with Gasteiger partial charge >= 0.3 is 5.97 Å². The van der Waals surface area contributed by atoms with Crippen LogP contribution in [0.15, 0.2) is 46.9 Å². The topological polar surface area (TPSA) is 75.0 Å². The minimum atomic E-state index is -0.708. The van der Waals surface area contributed by atoms with E-state index in [0.29, 0.717) is 17.1 Å². The van der Waals surface area contributed by atoms with Gasteiger partial charge in [-0.1, -0.05) is 29.8 Å². The molecule has 0 aliphatic rings. The Labute approximate surface area is 166 Å². The van der Waals surface area contributed by atoms with Crippen molar-refractivity contribution in [3.8, 4) is 11.5 Å². The number of hydrogen-bond acceptors (Lipinski definition) is 6. The molecule has 7 heteroatoms. The number of ether oxygens (including phenoxy) is 3. The van der Waals surface area contributed by atoms with Crippen molar-refractivity contribution in [2.75, 3.05) is 13.7 Å². The maximum absolute atomic E-state index is 12.3. The van der Waals surface area contributed by atoms with Crippen LogP contribution in [0.2, 0.25) is 5.02 Å². The Kier molecular flexibility index (Phi) is 5.90. The third kappa shape index (κ3) is 4.28. The van der Waals surface area contributed by atoms with Crippen LogP contribution in [0.1, 0.15) is 34.8 Å². The molecule has 0 aliphatic carbocycles. The second-order valence-electron chi connectivity index (χ2n) is 6.30. The summed E-state index contributed by atoms with van der Waals surface area (Å²) in [7, 11) is 1.44. The van der Waals surface area contributed by atoms with E-state index in [2.05, 4.69) is 0 Å². The molecular weight excluding hydrogens is 384 g/mol. The molecule has 3 aromatic rings. The van der Waals surface area contributed by atoms with Crippen LogP contribution in [-0.2, 0) is 4.74 Å². The highest BCUT2D eigenvalue weighted by molar-refractivity contribution is 6.32. The van der Waals surface area contributed by atoms with Crippen LogP contribution >= 0.6 is 11.6 Å². The Morgan fingerprint density at radius 2 is 1.89 bits per heavy atom. The first-order valence-electron chi connectivity index (χ1n) is 8.62. The molecule has 0 amide bonds. The third-order valence-electron chi connectivity index (χ3n) is 3.85. The number of methoxy groups -OCH3 is 1. The third-order valence-corrected chi connectivity index (χ3v) is 4.13. The highest BCUT2D eigenvalue weighted by Crippen LogP contribution is 2.37. The van der Waals surface area contributed by atoms with Gasteiger partial charge in [0.1, 0.15) is 5.58 Å². The highest BCUT2D eigenvalue weighted by Gasteiger charge is 2.20. The van der Waals surface area contributed by atoms with Crippen LogP contribution in [0.4, 0.5) is 0 Å². The van der Waals surface area contributed by atoms with Gasteiger partial charge < -0.3 is 18.6 Å². The minimum Gasteiger partial charge on any atom is -0.493 e. The molecule has 0 spiro atoms.